The minimum Gasteiger partial charge on any atom is -0.481 e. The van der Waals surface area contributed by atoms with Gasteiger partial charge >= 0.3 is 24.1 Å². The highest BCUT2D eigenvalue weighted by atomic mass is 16.6. The van der Waals surface area contributed by atoms with Crippen LogP contribution < -0.4 is 21.7 Å². The van der Waals surface area contributed by atoms with Crippen LogP contribution in [0.25, 0.3) is 0 Å². The van der Waals surface area contributed by atoms with E-state index in [-0.39, 0.29) is 55.9 Å². The third kappa shape index (κ3) is 17.0. The van der Waals surface area contributed by atoms with E-state index in [9.17, 15) is 33.9 Å². The van der Waals surface area contributed by atoms with Crippen LogP contribution in [0.2, 0.25) is 0 Å². The second kappa shape index (κ2) is 20.3. The molecule has 0 spiro atoms. The van der Waals surface area contributed by atoms with Gasteiger partial charge in [-0.15, -0.1) is 0 Å². The smallest absolute Gasteiger partial charge is 0.407 e. The maximum Gasteiger partial charge on any atom is 0.407 e. The van der Waals surface area contributed by atoms with Gasteiger partial charge in [0, 0.05) is 24.9 Å². The van der Waals surface area contributed by atoms with Crippen LogP contribution in [0.15, 0.2) is 48.5 Å². The van der Waals surface area contributed by atoms with E-state index in [2.05, 4.69) is 16.0 Å². The molecule has 0 radical (unpaired) electrons. The molecule has 2 aromatic carbocycles. The molecule has 53 heavy (non-hydrogen) atoms. The van der Waals surface area contributed by atoms with Crippen molar-refractivity contribution < 1.29 is 43.3 Å². The molecule has 3 atom stereocenters. The number of primary amides is 1. The van der Waals surface area contributed by atoms with E-state index in [4.69, 9.17) is 15.2 Å². The van der Waals surface area contributed by atoms with Crippen molar-refractivity contribution in [2.75, 3.05) is 6.54 Å². The number of alkyl carbamates (subject to hydrolysis) is 1. The number of nitrogens with one attached hydrogen (secondary N) is 3. The van der Waals surface area contributed by atoms with Crippen LogP contribution in [0.1, 0.15) is 96.9 Å². The number of carbonyl (C=O) groups is 6. The number of carboxylic acid groups (broad SMARTS) is 1. The number of esters is 1. The first-order chi connectivity index (χ1) is 24.6. The lowest BCUT2D eigenvalue weighted by molar-refractivity contribution is -0.147. The van der Waals surface area contributed by atoms with Gasteiger partial charge in [-0.2, -0.15) is 0 Å². The van der Waals surface area contributed by atoms with Gasteiger partial charge in [-0.05, 0) is 88.5 Å². The standard InChI is InChI=1S/C40H58N4O9/c1-25(2)26(3)35(47)44-32(10-9-19-42-37(41)50)33(45)21-28-15-17-30(18-16-28)24-52-34(46)22-29-13-11-27(12-14-29)20-31(23-40(7,8)36(48)49)43-38(51)53-39(4,5)6/h11-18,25-26,31-32H,9-10,19-24H2,1-8H3,(H,43,51)(H,44,47)(H,48,49)(H3,41,42,50)/t26-,31-,32-/m0/s1. The van der Waals surface area contributed by atoms with Crippen LogP contribution >= 0.6 is 0 Å². The molecule has 2 rings (SSSR count). The molecule has 0 saturated heterocycles. The summed E-state index contributed by atoms with van der Waals surface area (Å²) >= 11 is 0. The molecule has 0 heterocycles. The van der Waals surface area contributed by atoms with E-state index in [1.807, 2.05) is 32.9 Å². The number of hydrogen-bond acceptors (Lipinski definition) is 8. The monoisotopic (exact) mass is 738 g/mol. The highest BCUT2D eigenvalue weighted by Gasteiger charge is 2.32. The Morgan fingerprint density at radius 3 is 1.87 bits per heavy atom. The van der Waals surface area contributed by atoms with Crippen LogP contribution in [0.4, 0.5) is 9.59 Å². The highest BCUT2D eigenvalue weighted by molar-refractivity contribution is 5.91. The molecule has 0 aliphatic heterocycles. The number of rotatable bonds is 20. The fraction of sp³-hybridized carbons (Fsp3) is 0.550. The van der Waals surface area contributed by atoms with Crippen LogP contribution in [0.5, 0.6) is 0 Å². The first-order valence-electron chi connectivity index (χ1n) is 18.1. The Bertz CT molecular complexity index is 1550. The molecule has 2 aromatic rings. The highest BCUT2D eigenvalue weighted by Crippen LogP contribution is 2.25. The van der Waals surface area contributed by atoms with E-state index >= 15 is 0 Å². The Morgan fingerprint density at radius 2 is 1.34 bits per heavy atom. The van der Waals surface area contributed by atoms with Gasteiger partial charge in [0.2, 0.25) is 5.91 Å². The van der Waals surface area contributed by atoms with Gasteiger partial charge in [0.15, 0.2) is 5.78 Å². The van der Waals surface area contributed by atoms with Crippen molar-refractivity contribution in [3.8, 4) is 0 Å². The molecule has 0 bridgehead atoms. The number of nitrogens with two attached hydrogens (primary N) is 1. The van der Waals surface area contributed by atoms with Crippen molar-refractivity contribution in [3.63, 3.8) is 0 Å². The second-order valence-electron chi connectivity index (χ2n) is 15.6. The molecule has 6 N–H and O–H groups in total. The maximum atomic E-state index is 13.2. The predicted molar refractivity (Wildman–Crippen MR) is 201 cm³/mol. The first kappa shape index (κ1) is 44.2. The molecule has 0 aliphatic carbocycles. The summed E-state index contributed by atoms with van der Waals surface area (Å²) in [6.07, 6.45) is 0.865. The zero-order valence-electron chi connectivity index (χ0n) is 32.4. The largest absolute Gasteiger partial charge is 0.481 e. The number of carboxylic acids is 1. The number of aliphatic carboxylic acids is 1. The quantitative estimate of drug-likeness (QED) is 0.0889. The molecule has 0 saturated carbocycles. The summed E-state index contributed by atoms with van der Waals surface area (Å²) in [6, 6.07) is 12.5. The maximum absolute atomic E-state index is 13.2. The summed E-state index contributed by atoms with van der Waals surface area (Å²) in [4.78, 5) is 73.9. The molecule has 0 aromatic heterocycles. The SMILES string of the molecule is CC(C)[C@H](C)C(=O)N[C@@H](CCCNC(N)=O)C(=O)Cc1ccc(COC(=O)Cc2ccc(C[C@@H](CC(C)(C)C(=O)O)NC(=O)OC(C)(C)C)cc2)cc1. The topological polar surface area (TPSA) is 203 Å². The van der Waals surface area contributed by atoms with Gasteiger partial charge < -0.3 is 36.3 Å². The van der Waals surface area contributed by atoms with Crippen LogP contribution in [-0.4, -0.2) is 65.1 Å². The van der Waals surface area contributed by atoms with Crippen molar-refractivity contribution in [2.24, 2.45) is 23.0 Å². The van der Waals surface area contributed by atoms with Gasteiger partial charge in [-0.3, -0.25) is 19.2 Å². The van der Waals surface area contributed by atoms with E-state index in [0.717, 1.165) is 22.3 Å². The number of amides is 4. The van der Waals surface area contributed by atoms with Crippen molar-refractivity contribution in [3.05, 3.63) is 70.8 Å². The van der Waals surface area contributed by atoms with Gasteiger partial charge in [0.1, 0.15) is 12.2 Å². The molecule has 4 amide bonds. The van der Waals surface area contributed by atoms with Gasteiger partial charge in [0.05, 0.1) is 17.9 Å². The van der Waals surface area contributed by atoms with Crippen LogP contribution in [0.3, 0.4) is 0 Å². The summed E-state index contributed by atoms with van der Waals surface area (Å²) in [7, 11) is 0. The predicted octanol–water partition coefficient (Wildman–Crippen LogP) is 5.25. The average Bonchev–Trinajstić information content (AvgIpc) is 3.04. The minimum atomic E-state index is -1.08. The fourth-order valence-corrected chi connectivity index (χ4v) is 5.33. The molecule has 0 aliphatic rings. The summed E-state index contributed by atoms with van der Waals surface area (Å²) in [5, 5.41) is 17.8. The lowest BCUT2D eigenvalue weighted by atomic mass is 9.84. The molecular weight excluding hydrogens is 680 g/mol. The van der Waals surface area contributed by atoms with E-state index < -0.39 is 47.2 Å². The van der Waals surface area contributed by atoms with Crippen molar-refractivity contribution in [1.82, 2.24) is 16.0 Å². The third-order valence-electron chi connectivity index (χ3n) is 8.80. The normalized spacial score (nSPS) is 13.3. The van der Waals surface area contributed by atoms with Crippen molar-refractivity contribution in [1.29, 1.82) is 0 Å². The zero-order chi connectivity index (χ0) is 39.9. The molecule has 13 heteroatoms. The Kier molecular flexibility index (Phi) is 17.0. The summed E-state index contributed by atoms with van der Waals surface area (Å²) in [6.45, 7) is 14.5. The molecule has 0 fully saturated rings. The third-order valence-corrected chi connectivity index (χ3v) is 8.80. The Hall–Kier alpha value is -4.94. The fourth-order valence-electron chi connectivity index (χ4n) is 5.33. The number of carbonyl (C=O) groups excluding carboxylic acids is 5. The molecule has 13 nitrogen and oxygen atoms in total. The number of Topliss-reactive ketones (excluding diaryl/α,β-unsaturated/α-hetero) is 1. The molecular formula is C40H58N4O9. The lowest BCUT2D eigenvalue weighted by Gasteiger charge is -2.28. The number of benzene rings is 2. The number of urea groups is 1. The molecule has 292 valence electrons. The molecule has 0 unspecified atom stereocenters. The Balaban J connectivity index is 1.96. The van der Waals surface area contributed by atoms with Gasteiger partial charge in [-0.1, -0.05) is 69.3 Å². The van der Waals surface area contributed by atoms with Crippen molar-refractivity contribution >= 4 is 35.8 Å². The second-order valence-corrected chi connectivity index (χ2v) is 15.6. The lowest BCUT2D eigenvalue weighted by Crippen LogP contribution is -2.45. The Labute approximate surface area is 313 Å². The Morgan fingerprint density at radius 1 is 0.792 bits per heavy atom. The minimum absolute atomic E-state index is 0.0377. The van der Waals surface area contributed by atoms with Crippen molar-refractivity contribution in [2.45, 2.75) is 118 Å². The average molecular weight is 739 g/mol. The first-order valence-corrected chi connectivity index (χ1v) is 18.1. The number of hydrogen-bond donors (Lipinski definition) is 5. The van der Waals surface area contributed by atoms with Gasteiger partial charge in [-0.25, -0.2) is 9.59 Å². The van der Waals surface area contributed by atoms with E-state index in [1.54, 1.807) is 71.0 Å². The van der Waals surface area contributed by atoms with E-state index in [1.165, 1.54) is 0 Å². The zero-order valence-corrected chi connectivity index (χ0v) is 32.4. The number of ether oxygens (including phenoxy) is 2. The summed E-state index contributed by atoms with van der Waals surface area (Å²) in [5.41, 5.74) is 6.40. The summed E-state index contributed by atoms with van der Waals surface area (Å²) in [5.74, 6) is -1.92. The van der Waals surface area contributed by atoms with Crippen LogP contribution in [-0.2, 0) is 54.5 Å². The van der Waals surface area contributed by atoms with Crippen LogP contribution in [0, 0.1) is 17.3 Å². The van der Waals surface area contributed by atoms with Gasteiger partial charge in [0.25, 0.3) is 0 Å². The summed E-state index contributed by atoms with van der Waals surface area (Å²) < 4.78 is 10.9. The van der Waals surface area contributed by atoms with E-state index in [0.29, 0.717) is 19.3 Å². The number of ketones is 1.